The summed E-state index contributed by atoms with van der Waals surface area (Å²) >= 11 is 0. The third-order valence-electron chi connectivity index (χ3n) is 3.19. The number of aliphatic carboxylic acids is 1. The van der Waals surface area contributed by atoms with Crippen LogP contribution < -0.4 is 0 Å². The van der Waals surface area contributed by atoms with E-state index in [0.717, 1.165) is 18.4 Å². The van der Waals surface area contributed by atoms with Crippen molar-refractivity contribution in [2.75, 3.05) is 0 Å². The van der Waals surface area contributed by atoms with Gasteiger partial charge in [0.15, 0.2) is 0 Å². The highest BCUT2D eigenvalue weighted by Gasteiger charge is 2.36. The van der Waals surface area contributed by atoms with Crippen LogP contribution in [0.15, 0.2) is 18.2 Å². The Hall–Kier alpha value is -1.38. The molecule has 16 heavy (non-hydrogen) atoms. The Balaban J connectivity index is 2.12. The van der Waals surface area contributed by atoms with E-state index < -0.39 is 5.97 Å². The predicted octanol–water partition coefficient (Wildman–Crippen LogP) is 2.79. The molecule has 0 radical (unpaired) electrons. The number of hydrogen-bond donors (Lipinski definition) is 1. The van der Waals surface area contributed by atoms with Gasteiger partial charge in [-0.2, -0.15) is 0 Å². The summed E-state index contributed by atoms with van der Waals surface area (Å²) in [7, 11) is 0. The summed E-state index contributed by atoms with van der Waals surface area (Å²) in [6.45, 7) is 1.70. The van der Waals surface area contributed by atoms with E-state index in [1.807, 2.05) is 0 Å². The topological polar surface area (TPSA) is 37.3 Å². The summed E-state index contributed by atoms with van der Waals surface area (Å²) in [6, 6.07) is 4.84. The molecular weight excluding hydrogens is 207 g/mol. The second-order valence-corrected chi connectivity index (χ2v) is 4.57. The Morgan fingerprint density at radius 2 is 2.25 bits per heavy atom. The van der Waals surface area contributed by atoms with Crippen LogP contribution in [0.1, 0.15) is 24.0 Å². The lowest BCUT2D eigenvalue weighted by Crippen LogP contribution is -2.18. The van der Waals surface area contributed by atoms with Crippen molar-refractivity contribution in [3.8, 4) is 0 Å². The zero-order valence-electron chi connectivity index (χ0n) is 9.24. The van der Waals surface area contributed by atoms with E-state index in [-0.39, 0.29) is 11.7 Å². The number of benzene rings is 1. The summed E-state index contributed by atoms with van der Waals surface area (Å²) in [5.41, 5.74) is 1.50. The van der Waals surface area contributed by atoms with Gasteiger partial charge in [-0.15, -0.1) is 0 Å². The third kappa shape index (κ3) is 2.40. The molecule has 1 aliphatic carbocycles. The first-order valence-electron chi connectivity index (χ1n) is 5.56. The molecule has 0 heterocycles. The van der Waals surface area contributed by atoms with Gasteiger partial charge in [0.05, 0.1) is 5.92 Å². The lowest BCUT2D eigenvalue weighted by Gasteiger charge is -2.11. The van der Waals surface area contributed by atoms with Crippen molar-refractivity contribution in [1.29, 1.82) is 0 Å². The molecule has 1 fully saturated rings. The fourth-order valence-corrected chi connectivity index (χ4v) is 2.04. The molecule has 3 heteroatoms. The molecule has 1 atom stereocenters. The number of rotatable bonds is 4. The first-order chi connectivity index (χ1) is 7.58. The van der Waals surface area contributed by atoms with Gasteiger partial charge in [-0.3, -0.25) is 4.79 Å². The molecule has 1 aromatic rings. The highest BCUT2D eigenvalue weighted by atomic mass is 19.1. The smallest absolute Gasteiger partial charge is 0.307 e. The van der Waals surface area contributed by atoms with Crippen LogP contribution in [0.25, 0.3) is 0 Å². The van der Waals surface area contributed by atoms with Gasteiger partial charge in [-0.05, 0) is 49.3 Å². The van der Waals surface area contributed by atoms with Crippen molar-refractivity contribution in [2.45, 2.75) is 26.2 Å². The predicted molar refractivity (Wildman–Crippen MR) is 58.7 cm³/mol. The summed E-state index contributed by atoms with van der Waals surface area (Å²) in [5, 5.41) is 9.09. The molecule has 0 bridgehead atoms. The number of halogens is 1. The molecule has 1 N–H and O–H groups in total. The van der Waals surface area contributed by atoms with Gasteiger partial charge in [0, 0.05) is 0 Å². The highest BCUT2D eigenvalue weighted by Crippen LogP contribution is 2.38. The molecule has 0 aliphatic heterocycles. The fourth-order valence-electron chi connectivity index (χ4n) is 2.04. The molecule has 0 aromatic heterocycles. The van der Waals surface area contributed by atoms with E-state index >= 15 is 0 Å². The molecule has 1 saturated carbocycles. The van der Waals surface area contributed by atoms with Gasteiger partial charge in [-0.25, -0.2) is 4.39 Å². The van der Waals surface area contributed by atoms with E-state index in [1.165, 1.54) is 6.07 Å². The largest absolute Gasteiger partial charge is 0.481 e. The molecule has 86 valence electrons. The quantitative estimate of drug-likeness (QED) is 0.850. The molecule has 1 unspecified atom stereocenters. The van der Waals surface area contributed by atoms with Gasteiger partial charge >= 0.3 is 5.97 Å². The number of hydrogen-bond acceptors (Lipinski definition) is 1. The van der Waals surface area contributed by atoms with E-state index in [9.17, 15) is 9.18 Å². The lowest BCUT2D eigenvalue weighted by atomic mass is 9.94. The lowest BCUT2D eigenvalue weighted by molar-refractivity contribution is -0.142. The molecule has 0 amide bonds. The van der Waals surface area contributed by atoms with Gasteiger partial charge < -0.3 is 5.11 Å². The Kier molecular flexibility index (Phi) is 2.95. The Morgan fingerprint density at radius 1 is 1.56 bits per heavy atom. The van der Waals surface area contributed by atoms with Crippen molar-refractivity contribution < 1.29 is 14.3 Å². The molecule has 2 nitrogen and oxygen atoms in total. The van der Waals surface area contributed by atoms with Crippen LogP contribution in [-0.4, -0.2) is 11.1 Å². The van der Waals surface area contributed by atoms with Crippen molar-refractivity contribution in [1.82, 2.24) is 0 Å². The van der Waals surface area contributed by atoms with Crippen molar-refractivity contribution in [2.24, 2.45) is 11.8 Å². The molecule has 1 aliphatic rings. The first-order valence-corrected chi connectivity index (χ1v) is 5.56. The van der Waals surface area contributed by atoms with Crippen LogP contribution in [0, 0.1) is 24.6 Å². The fraction of sp³-hybridized carbons (Fsp3) is 0.462. The summed E-state index contributed by atoms with van der Waals surface area (Å²) in [6.07, 6.45) is 2.54. The highest BCUT2D eigenvalue weighted by molar-refractivity contribution is 5.71. The molecule has 2 rings (SSSR count). The minimum atomic E-state index is -0.732. The van der Waals surface area contributed by atoms with Crippen LogP contribution in [0.4, 0.5) is 4.39 Å². The summed E-state index contributed by atoms with van der Waals surface area (Å²) in [5.74, 6) is -0.945. The van der Waals surface area contributed by atoms with Crippen molar-refractivity contribution >= 4 is 5.97 Å². The molecular formula is C13H15FO2. The molecule has 0 saturated heterocycles. The first kappa shape index (κ1) is 11.1. The Bertz CT molecular complexity index is 410. The van der Waals surface area contributed by atoms with Crippen molar-refractivity contribution in [3.63, 3.8) is 0 Å². The van der Waals surface area contributed by atoms with Gasteiger partial charge in [0.2, 0.25) is 0 Å². The maximum Gasteiger partial charge on any atom is 0.307 e. The third-order valence-corrected chi connectivity index (χ3v) is 3.19. The van der Waals surface area contributed by atoms with Crippen LogP contribution in [0.2, 0.25) is 0 Å². The van der Waals surface area contributed by atoms with Gasteiger partial charge in [-0.1, -0.05) is 12.1 Å². The molecule has 1 aromatic carbocycles. The monoisotopic (exact) mass is 222 g/mol. The Labute approximate surface area is 94.1 Å². The maximum atomic E-state index is 13.0. The number of carboxylic acid groups (broad SMARTS) is 1. The van der Waals surface area contributed by atoms with Gasteiger partial charge in [0.25, 0.3) is 0 Å². The second-order valence-electron chi connectivity index (χ2n) is 4.57. The molecule has 0 spiro atoms. The van der Waals surface area contributed by atoms with Crippen LogP contribution in [-0.2, 0) is 11.2 Å². The van der Waals surface area contributed by atoms with E-state index in [2.05, 4.69) is 0 Å². The normalized spacial score (nSPS) is 17.1. The Morgan fingerprint density at radius 3 is 2.75 bits per heavy atom. The van der Waals surface area contributed by atoms with Crippen LogP contribution in [0.5, 0.6) is 0 Å². The average Bonchev–Trinajstić information content (AvgIpc) is 3.03. The van der Waals surface area contributed by atoms with E-state index in [1.54, 1.807) is 19.1 Å². The minimum absolute atomic E-state index is 0.234. The number of aryl methyl sites for hydroxylation is 1. The van der Waals surface area contributed by atoms with Gasteiger partial charge in [0.1, 0.15) is 5.82 Å². The number of carbonyl (C=O) groups is 1. The average molecular weight is 222 g/mol. The summed E-state index contributed by atoms with van der Waals surface area (Å²) < 4.78 is 13.0. The second kappa shape index (κ2) is 4.24. The SMILES string of the molecule is Cc1cc(CC(C(=O)O)C2CC2)ccc1F. The minimum Gasteiger partial charge on any atom is -0.481 e. The van der Waals surface area contributed by atoms with Crippen LogP contribution >= 0.6 is 0 Å². The standard InChI is InChI=1S/C13H15FO2/c1-8-6-9(2-5-12(8)14)7-11(13(15)16)10-3-4-10/h2,5-6,10-11H,3-4,7H2,1H3,(H,15,16). The van der Waals surface area contributed by atoms with Crippen LogP contribution in [0.3, 0.4) is 0 Å². The zero-order valence-corrected chi connectivity index (χ0v) is 9.24. The van der Waals surface area contributed by atoms with Crippen molar-refractivity contribution in [3.05, 3.63) is 35.1 Å². The number of carboxylic acids is 1. The van der Waals surface area contributed by atoms with E-state index in [0.29, 0.717) is 17.9 Å². The zero-order chi connectivity index (χ0) is 11.7. The maximum absolute atomic E-state index is 13.0. The van der Waals surface area contributed by atoms with E-state index in [4.69, 9.17) is 5.11 Å². The summed E-state index contributed by atoms with van der Waals surface area (Å²) in [4.78, 5) is 11.1.